The average Bonchev–Trinajstić information content (AvgIpc) is 3.46. The molecule has 146 valence electrons. The van der Waals surface area contributed by atoms with Crippen molar-refractivity contribution in [3.8, 4) is 0 Å². The second-order valence-corrected chi connectivity index (χ2v) is 9.44. The van der Waals surface area contributed by atoms with E-state index in [4.69, 9.17) is 0 Å². The van der Waals surface area contributed by atoms with Crippen LogP contribution in [0.5, 0.6) is 0 Å². The highest BCUT2D eigenvalue weighted by molar-refractivity contribution is 5.93. The van der Waals surface area contributed by atoms with Crippen LogP contribution in [0.25, 0.3) is 0 Å². The first-order valence-electron chi connectivity index (χ1n) is 11.1. The van der Waals surface area contributed by atoms with E-state index in [0.29, 0.717) is 12.0 Å². The maximum absolute atomic E-state index is 12.6. The van der Waals surface area contributed by atoms with Gasteiger partial charge in [0.05, 0.1) is 0 Å². The quantitative estimate of drug-likeness (QED) is 0.869. The van der Waals surface area contributed by atoms with Gasteiger partial charge in [-0.3, -0.25) is 9.69 Å². The lowest BCUT2D eigenvalue weighted by atomic mass is 9.88. The Morgan fingerprint density at radius 3 is 2.56 bits per heavy atom. The third kappa shape index (κ3) is 3.37. The molecule has 0 spiro atoms. The van der Waals surface area contributed by atoms with Gasteiger partial charge in [0.2, 0.25) is 5.91 Å². The normalized spacial score (nSPS) is 35.9. The van der Waals surface area contributed by atoms with Gasteiger partial charge in [-0.1, -0.05) is 6.42 Å². The Hall–Kier alpha value is -1.55. The van der Waals surface area contributed by atoms with E-state index in [9.17, 15) is 4.79 Å². The molecule has 1 amide bonds. The zero-order chi connectivity index (χ0) is 18.4. The molecule has 3 unspecified atom stereocenters. The van der Waals surface area contributed by atoms with Crippen molar-refractivity contribution in [3.63, 3.8) is 0 Å². The smallest absolute Gasteiger partial charge is 0.227 e. The number of hydrogen-bond acceptors (Lipinski definition) is 3. The fourth-order valence-electron chi connectivity index (χ4n) is 6.30. The van der Waals surface area contributed by atoms with Crippen LogP contribution in [0.4, 0.5) is 11.4 Å². The van der Waals surface area contributed by atoms with Crippen LogP contribution in [0.3, 0.4) is 0 Å². The molecule has 2 saturated heterocycles. The first kappa shape index (κ1) is 17.5. The maximum Gasteiger partial charge on any atom is 0.227 e. The summed E-state index contributed by atoms with van der Waals surface area (Å²) in [4.78, 5) is 17.9. The number of nitrogens with zero attached hydrogens (tertiary/aromatic N) is 2. The van der Waals surface area contributed by atoms with Crippen molar-refractivity contribution in [2.75, 3.05) is 29.9 Å². The molecule has 0 radical (unpaired) electrons. The van der Waals surface area contributed by atoms with Crippen molar-refractivity contribution in [3.05, 3.63) is 24.3 Å². The van der Waals surface area contributed by atoms with Crippen LogP contribution in [0.1, 0.15) is 51.9 Å². The highest BCUT2D eigenvalue weighted by Crippen LogP contribution is 2.48. The van der Waals surface area contributed by atoms with Crippen LogP contribution in [-0.2, 0) is 4.79 Å². The lowest BCUT2D eigenvalue weighted by Gasteiger charge is -2.28. The molecule has 1 aromatic rings. The van der Waals surface area contributed by atoms with Gasteiger partial charge in [0.1, 0.15) is 0 Å². The summed E-state index contributed by atoms with van der Waals surface area (Å²) in [6, 6.07) is 10.0. The van der Waals surface area contributed by atoms with Crippen molar-refractivity contribution >= 4 is 17.3 Å². The summed E-state index contributed by atoms with van der Waals surface area (Å²) in [7, 11) is 0. The lowest BCUT2D eigenvalue weighted by molar-refractivity contribution is -0.121. The molecule has 27 heavy (non-hydrogen) atoms. The number of nitrogens with one attached hydrogen (secondary N) is 1. The second-order valence-electron chi connectivity index (χ2n) is 9.44. The number of fused-ring (bicyclic) bond motifs is 2. The zero-order valence-electron chi connectivity index (χ0n) is 16.6. The molecule has 4 heteroatoms. The van der Waals surface area contributed by atoms with E-state index in [1.54, 1.807) is 0 Å². The SMILES string of the molecule is CC1CCCN1C1CCN(c2ccc(NC(=O)C3C[C@H]4CC[C@@H]3C4)cc2)C1. The monoisotopic (exact) mass is 367 g/mol. The summed E-state index contributed by atoms with van der Waals surface area (Å²) in [5, 5.41) is 3.18. The number of benzene rings is 1. The van der Waals surface area contributed by atoms with Crippen molar-refractivity contribution in [1.82, 2.24) is 4.90 Å². The van der Waals surface area contributed by atoms with Crippen LogP contribution >= 0.6 is 0 Å². The van der Waals surface area contributed by atoms with Crippen molar-refractivity contribution in [2.45, 2.75) is 64.0 Å². The minimum absolute atomic E-state index is 0.249. The van der Waals surface area contributed by atoms with E-state index in [1.807, 2.05) is 0 Å². The highest BCUT2D eigenvalue weighted by atomic mass is 16.1. The second kappa shape index (κ2) is 7.12. The van der Waals surface area contributed by atoms with Crippen LogP contribution < -0.4 is 10.2 Å². The Morgan fingerprint density at radius 1 is 1.04 bits per heavy atom. The molecule has 1 aromatic carbocycles. The number of carbonyl (C=O) groups excluding carboxylic acids is 1. The van der Waals surface area contributed by atoms with Crippen LogP contribution in [-0.4, -0.2) is 42.5 Å². The van der Waals surface area contributed by atoms with Crippen LogP contribution in [0.2, 0.25) is 0 Å². The summed E-state index contributed by atoms with van der Waals surface area (Å²) in [5.41, 5.74) is 2.25. The highest BCUT2D eigenvalue weighted by Gasteiger charge is 2.43. The minimum Gasteiger partial charge on any atom is -0.370 e. The molecule has 5 atom stereocenters. The molecule has 2 saturated carbocycles. The van der Waals surface area contributed by atoms with Gasteiger partial charge in [-0.15, -0.1) is 0 Å². The molecule has 4 fully saturated rings. The minimum atomic E-state index is 0.249. The van der Waals surface area contributed by atoms with Gasteiger partial charge in [0.15, 0.2) is 0 Å². The Kier molecular flexibility index (Phi) is 4.63. The van der Waals surface area contributed by atoms with Gasteiger partial charge >= 0.3 is 0 Å². The predicted octanol–water partition coefficient (Wildman–Crippen LogP) is 4.12. The first-order valence-corrected chi connectivity index (χ1v) is 11.1. The number of hydrogen-bond donors (Lipinski definition) is 1. The van der Waals surface area contributed by atoms with Crippen LogP contribution in [0, 0.1) is 17.8 Å². The Morgan fingerprint density at radius 2 is 1.89 bits per heavy atom. The standard InChI is InChI=1S/C23H33N3O/c1-16-3-2-11-26(16)21-10-12-25(15-21)20-8-6-19(7-9-20)24-23(27)22-14-17-4-5-18(22)13-17/h6-9,16-18,21-22H,2-5,10-15H2,1H3,(H,24,27)/t16?,17-,18+,21?,22?/m0/s1. The summed E-state index contributed by atoms with van der Waals surface area (Å²) in [6.45, 7) is 5.93. The predicted molar refractivity (Wildman–Crippen MR) is 110 cm³/mol. The average molecular weight is 368 g/mol. The van der Waals surface area contributed by atoms with E-state index >= 15 is 0 Å². The van der Waals surface area contributed by atoms with Crippen molar-refractivity contribution in [1.29, 1.82) is 0 Å². The zero-order valence-corrected chi connectivity index (χ0v) is 16.6. The third-order valence-corrected chi connectivity index (χ3v) is 7.81. The van der Waals surface area contributed by atoms with Gasteiger partial charge < -0.3 is 10.2 Å². The number of anilines is 2. The molecular formula is C23H33N3O. The molecular weight excluding hydrogens is 334 g/mol. The Bertz CT molecular complexity index is 687. The van der Waals surface area contributed by atoms with Gasteiger partial charge in [-0.2, -0.15) is 0 Å². The number of amides is 1. The van der Waals surface area contributed by atoms with E-state index in [-0.39, 0.29) is 11.8 Å². The molecule has 4 aliphatic rings. The van der Waals surface area contributed by atoms with Gasteiger partial charge in [-0.05, 0) is 88.1 Å². The number of likely N-dealkylation sites (tertiary alicyclic amines) is 1. The summed E-state index contributed by atoms with van der Waals surface area (Å²) >= 11 is 0. The molecule has 2 bridgehead atoms. The van der Waals surface area contributed by atoms with Gasteiger partial charge in [-0.25, -0.2) is 0 Å². The molecule has 0 aromatic heterocycles. The van der Waals surface area contributed by atoms with Crippen molar-refractivity contribution < 1.29 is 4.79 Å². The van der Waals surface area contributed by atoms with E-state index in [0.717, 1.165) is 37.2 Å². The lowest BCUT2D eigenvalue weighted by Crippen LogP contribution is -2.39. The van der Waals surface area contributed by atoms with Gasteiger partial charge in [0.25, 0.3) is 0 Å². The third-order valence-electron chi connectivity index (χ3n) is 7.81. The topological polar surface area (TPSA) is 35.6 Å². The molecule has 4 nitrogen and oxygen atoms in total. The summed E-state index contributed by atoms with van der Waals surface area (Å²) in [6.07, 6.45) is 8.97. The summed E-state index contributed by atoms with van der Waals surface area (Å²) in [5.74, 6) is 1.96. The Labute approximate surface area is 163 Å². The number of carbonyl (C=O) groups is 1. The van der Waals surface area contributed by atoms with E-state index in [2.05, 4.69) is 46.3 Å². The molecule has 2 aliphatic carbocycles. The van der Waals surface area contributed by atoms with Gasteiger partial charge in [0, 0.05) is 42.5 Å². The van der Waals surface area contributed by atoms with Crippen LogP contribution in [0.15, 0.2) is 24.3 Å². The molecule has 1 N–H and O–H groups in total. The number of rotatable bonds is 4. The summed E-state index contributed by atoms with van der Waals surface area (Å²) < 4.78 is 0. The molecule has 5 rings (SSSR count). The maximum atomic E-state index is 12.6. The Balaban J connectivity index is 1.18. The van der Waals surface area contributed by atoms with E-state index < -0.39 is 0 Å². The molecule has 2 heterocycles. The van der Waals surface area contributed by atoms with E-state index in [1.165, 1.54) is 50.8 Å². The largest absolute Gasteiger partial charge is 0.370 e. The van der Waals surface area contributed by atoms with Crippen molar-refractivity contribution in [2.24, 2.45) is 17.8 Å². The fourth-order valence-corrected chi connectivity index (χ4v) is 6.30. The molecule has 2 aliphatic heterocycles. The first-order chi connectivity index (χ1) is 13.2. The fraction of sp³-hybridized carbons (Fsp3) is 0.696.